The van der Waals surface area contributed by atoms with E-state index in [0.717, 1.165) is 30.9 Å². The minimum Gasteiger partial charge on any atom is -0.465 e. The lowest BCUT2D eigenvalue weighted by molar-refractivity contribution is -0.154. The van der Waals surface area contributed by atoms with Crippen LogP contribution in [0.15, 0.2) is 0 Å². The third kappa shape index (κ3) is 1.64. The van der Waals surface area contributed by atoms with Gasteiger partial charge in [0.25, 0.3) is 0 Å². The van der Waals surface area contributed by atoms with E-state index in [1.54, 1.807) is 4.68 Å². The lowest BCUT2D eigenvalue weighted by Gasteiger charge is -2.37. The van der Waals surface area contributed by atoms with Crippen molar-refractivity contribution < 1.29 is 9.53 Å². The second kappa shape index (κ2) is 4.07. The second-order valence-electron chi connectivity index (χ2n) is 5.35. The highest BCUT2D eigenvalue weighted by atomic mass is 16.5. The van der Waals surface area contributed by atoms with Gasteiger partial charge in [0.2, 0.25) is 0 Å². The molecule has 0 aliphatic heterocycles. The predicted molar refractivity (Wildman–Crippen MR) is 65.1 cm³/mol. The Kier molecular flexibility index (Phi) is 2.64. The average molecular weight is 249 g/mol. The molecule has 1 aromatic heterocycles. The zero-order chi connectivity index (χ0) is 12.8. The van der Waals surface area contributed by atoms with Gasteiger partial charge in [-0.2, -0.15) is 5.10 Å². The van der Waals surface area contributed by atoms with Crippen LogP contribution in [0.1, 0.15) is 56.6 Å². The summed E-state index contributed by atoms with van der Waals surface area (Å²) in [6.07, 6.45) is 5.08. The molecule has 0 radical (unpaired) electrons. The third-order valence-electron chi connectivity index (χ3n) is 4.02. The third-order valence-corrected chi connectivity index (χ3v) is 4.02. The Hall–Kier alpha value is -1.39. The number of aryl methyl sites for hydroxylation is 1. The van der Waals surface area contributed by atoms with E-state index in [1.807, 2.05) is 14.0 Å². The van der Waals surface area contributed by atoms with E-state index in [-0.39, 0.29) is 5.97 Å². The Morgan fingerprint density at radius 2 is 2.22 bits per heavy atom. The molecule has 0 bridgehead atoms. The molecule has 0 saturated heterocycles. The molecule has 2 saturated carbocycles. The van der Waals surface area contributed by atoms with Gasteiger partial charge >= 0.3 is 5.97 Å². The van der Waals surface area contributed by atoms with Gasteiger partial charge in [0.05, 0.1) is 6.61 Å². The lowest BCUT2D eigenvalue weighted by atomic mass is 9.68. The Morgan fingerprint density at radius 1 is 1.50 bits per heavy atom. The fraction of sp³-hybridized carbons (Fsp3) is 0.769. The Bertz CT molecular complexity index is 473. The van der Waals surface area contributed by atoms with Gasteiger partial charge < -0.3 is 4.74 Å². The Labute approximate surface area is 107 Å². The van der Waals surface area contributed by atoms with E-state index in [9.17, 15) is 4.79 Å². The van der Waals surface area contributed by atoms with Crippen LogP contribution in [0.2, 0.25) is 0 Å². The monoisotopic (exact) mass is 249 g/mol. The fourth-order valence-corrected chi connectivity index (χ4v) is 2.65. The van der Waals surface area contributed by atoms with Crippen molar-refractivity contribution >= 4 is 5.97 Å². The van der Waals surface area contributed by atoms with E-state index < -0.39 is 5.41 Å². The van der Waals surface area contributed by atoms with Gasteiger partial charge in [0.15, 0.2) is 5.82 Å². The van der Waals surface area contributed by atoms with Crippen LogP contribution < -0.4 is 0 Å². The fourth-order valence-electron chi connectivity index (χ4n) is 2.65. The molecular weight excluding hydrogens is 230 g/mol. The SMILES string of the molecule is CCOC(=O)C1(c2nc(C3CC3)nn2C)CCC1. The van der Waals surface area contributed by atoms with Crippen LogP contribution in [0, 0.1) is 0 Å². The largest absolute Gasteiger partial charge is 0.465 e. The van der Waals surface area contributed by atoms with Crippen LogP contribution >= 0.6 is 0 Å². The smallest absolute Gasteiger partial charge is 0.319 e. The van der Waals surface area contributed by atoms with Gasteiger partial charge in [-0.1, -0.05) is 6.42 Å². The number of hydrogen-bond donors (Lipinski definition) is 0. The van der Waals surface area contributed by atoms with Crippen LogP contribution in [0.4, 0.5) is 0 Å². The molecular formula is C13H19N3O2. The molecule has 2 aliphatic rings. The summed E-state index contributed by atoms with van der Waals surface area (Å²) in [6, 6.07) is 0. The van der Waals surface area contributed by atoms with Crippen LogP contribution in [0.3, 0.4) is 0 Å². The summed E-state index contributed by atoms with van der Waals surface area (Å²) < 4.78 is 7.01. The van der Waals surface area contributed by atoms with Gasteiger partial charge in [0, 0.05) is 13.0 Å². The van der Waals surface area contributed by atoms with E-state index in [4.69, 9.17) is 4.74 Å². The molecule has 3 rings (SSSR count). The molecule has 5 nitrogen and oxygen atoms in total. The van der Waals surface area contributed by atoms with Crippen LogP contribution in [-0.4, -0.2) is 27.3 Å². The zero-order valence-electron chi connectivity index (χ0n) is 11.0. The maximum atomic E-state index is 12.2. The van der Waals surface area contributed by atoms with Crippen molar-refractivity contribution in [1.29, 1.82) is 0 Å². The van der Waals surface area contributed by atoms with Crippen molar-refractivity contribution in [2.24, 2.45) is 7.05 Å². The van der Waals surface area contributed by atoms with Gasteiger partial charge in [-0.05, 0) is 32.6 Å². The number of rotatable bonds is 4. The summed E-state index contributed by atoms with van der Waals surface area (Å²) in [7, 11) is 1.88. The minimum absolute atomic E-state index is 0.130. The summed E-state index contributed by atoms with van der Waals surface area (Å²) in [5.74, 6) is 2.09. The molecule has 0 aromatic carbocycles. The number of hydrogen-bond acceptors (Lipinski definition) is 4. The molecule has 1 aromatic rings. The quantitative estimate of drug-likeness (QED) is 0.762. The first-order valence-electron chi connectivity index (χ1n) is 6.76. The molecule has 0 unspecified atom stereocenters. The van der Waals surface area contributed by atoms with Crippen molar-refractivity contribution in [2.75, 3.05) is 6.61 Å². The summed E-state index contributed by atoms with van der Waals surface area (Å²) in [5.41, 5.74) is -0.523. The first-order chi connectivity index (χ1) is 8.67. The van der Waals surface area contributed by atoms with Gasteiger partial charge in [-0.15, -0.1) is 0 Å². The molecule has 2 fully saturated rings. The van der Waals surface area contributed by atoms with Crippen molar-refractivity contribution in [3.05, 3.63) is 11.6 Å². The first-order valence-corrected chi connectivity index (χ1v) is 6.76. The Morgan fingerprint density at radius 3 is 2.72 bits per heavy atom. The van der Waals surface area contributed by atoms with Crippen LogP contribution in [0.5, 0.6) is 0 Å². The summed E-state index contributed by atoms with van der Waals surface area (Å²) in [5, 5.41) is 4.46. The molecule has 5 heteroatoms. The molecule has 0 spiro atoms. The van der Waals surface area contributed by atoms with Gasteiger partial charge in [0.1, 0.15) is 11.2 Å². The minimum atomic E-state index is -0.523. The molecule has 0 atom stereocenters. The van der Waals surface area contributed by atoms with Crippen molar-refractivity contribution in [3.63, 3.8) is 0 Å². The van der Waals surface area contributed by atoms with Crippen LogP contribution in [0.25, 0.3) is 0 Å². The normalized spacial score (nSPS) is 21.4. The van der Waals surface area contributed by atoms with E-state index in [0.29, 0.717) is 12.5 Å². The highest BCUT2D eigenvalue weighted by Gasteiger charge is 2.51. The van der Waals surface area contributed by atoms with Crippen molar-refractivity contribution in [1.82, 2.24) is 14.8 Å². The number of aromatic nitrogens is 3. The summed E-state index contributed by atoms with van der Waals surface area (Å²) in [4.78, 5) is 16.8. The predicted octanol–water partition coefficient (Wildman–Crippen LogP) is 1.68. The highest BCUT2D eigenvalue weighted by molar-refractivity contribution is 5.83. The topological polar surface area (TPSA) is 57.0 Å². The van der Waals surface area contributed by atoms with Crippen molar-refractivity contribution in [2.45, 2.75) is 50.4 Å². The average Bonchev–Trinajstić information content (AvgIpc) is 3.04. The number of nitrogens with zero attached hydrogens (tertiary/aromatic N) is 3. The standard InChI is InChI=1S/C13H19N3O2/c1-3-18-12(17)13(7-4-8-13)11-14-10(9-5-6-9)15-16(11)2/h9H,3-8H2,1-2H3. The van der Waals surface area contributed by atoms with Gasteiger partial charge in [-0.3, -0.25) is 9.48 Å². The first kappa shape index (κ1) is 11.7. The maximum Gasteiger partial charge on any atom is 0.319 e. The van der Waals surface area contributed by atoms with E-state index in [1.165, 1.54) is 12.8 Å². The number of carbonyl (C=O) groups excluding carboxylic acids is 1. The molecule has 2 aliphatic carbocycles. The molecule has 0 amide bonds. The molecule has 0 N–H and O–H groups in total. The molecule has 18 heavy (non-hydrogen) atoms. The number of ether oxygens (including phenoxy) is 1. The van der Waals surface area contributed by atoms with Gasteiger partial charge in [-0.25, -0.2) is 4.98 Å². The summed E-state index contributed by atoms with van der Waals surface area (Å²) >= 11 is 0. The molecule has 98 valence electrons. The van der Waals surface area contributed by atoms with E-state index >= 15 is 0 Å². The molecule has 1 heterocycles. The highest BCUT2D eigenvalue weighted by Crippen LogP contribution is 2.45. The second-order valence-corrected chi connectivity index (χ2v) is 5.35. The van der Waals surface area contributed by atoms with Crippen LogP contribution in [-0.2, 0) is 22.0 Å². The van der Waals surface area contributed by atoms with Crippen molar-refractivity contribution in [3.8, 4) is 0 Å². The maximum absolute atomic E-state index is 12.2. The zero-order valence-corrected chi connectivity index (χ0v) is 11.0. The Balaban J connectivity index is 1.93. The van der Waals surface area contributed by atoms with E-state index in [2.05, 4.69) is 10.1 Å². The number of carbonyl (C=O) groups is 1. The number of esters is 1. The lowest BCUT2D eigenvalue weighted by Crippen LogP contribution is -2.45. The summed E-state index contributed by atoms with van der Waals surface area (Å²) in [6.45, 7) is 2.27.